The zero-order valence-electron chi connectivity index (χ0n) is 44.6. The van der Waals surface area contributed by atoms with Crippen molar-refractivity contribution in [3.63, 3.8) is 0 Å². The fraction of sp³-hybridized carbons (Fsp3) is 0.377. The van der Waals surface area contributed by atoms with Gasteiger partial charge in [0.25, 0.3) is 11.8 Å². The second-order valence-electron chi connectivity index (χ2n) is 21.4. The maximum atomic E-state index is 14.2. The Morgan fingerprint density at radius 3 is 1.38 bits per heavy atom. The molecule has 4 heterocycles. The molecule has 2 aromatic heterocycles. The molecule has 0 bridgehead atoms. The highest BCUT2D eigenvalue weighted by molar-refractivity contribution is 6.01. The summed E-state index contributed by atoms with van der Waals surface area (Å²) in [6.45, 7) is 8.74. The van der Waals surface area contributed by atoms with Gasteiger partial charge in [0.2, 0.25) is 10.9 Å². The van der Waals surface area contributed by atoms with E-state index in [2.05, 4.69) is 0 Å². The quantitative estimate of drug-likeness (QED) is 0.0612. The molecule has 2 aliphatic heterocycles. The molecule has 18 heteroatoms. The van der Waals surface area contributed by atoms with Gasteiger partial charge in [0, 0.05) is 88.1 Å². The van der Waals surface area contributed by atoms with Crippen molar-refractivity contribution in [2.24, 2.45) is 11.8 Å². The molecule has 2 saturated carbocycles. The van der Waals surface area contributed by atoms with E-state index >= 15 is 0 Å². The molecule has 1 N–H and O–H groups in total. The number of halogens is 4. The van der Waals surface area contributed by atoms with Gasteiger partial charge < -0.3 is 38.3 Å². The van der Waals surface area contributed by atoms with E-state index in [1.807, 2.05) is 88.4 Å². The number of benzene rings is 4. The summed E-state index contributed by atoms with van der Waals surface area (Å²) in [5.74, 6) is -5.17. The summed E-state index contributed by atoms with van der Waals surface area (Å²) in [4.78, 5) is 85.2. The number of carbonyl (C=O) groups excluding carboxylic acids is 4. The van der Waals surface area contributed by atoms with Gasteiger partial charge in [0.15, 0.2) is 34.5 Å². The van der Waals surface area contributed by atoms with E-state index in [0.29, 0.717) is 32.5 Å². The lowest BCUT2D eigenvalue weighted by atomic mass is 9.99. The number of rotatable bonds is 19. The lowest BCUT2D eigenvalue weighted by molar-refractivity contribution is 0.0537. The number of ether oxygens (including phenoxy) is 3. The van der Waals surface area contributed by atoms with E-state index in [-0.39, 0.29) is 126 Å². The van der Waals surface area contributed by atoms with Crippen LogP contribution in [0.4, 0.5) is 17.6 Å². The zero-order valence-corrected chi connectivity index (χ0v) is 44.6. The summed E-state index contributed by atoms with van der Waals surface area (Å²) in [5, 5.41) is 10.0. The van der Waals surface area contributed by atoms with E-state index in [9.17, 15) is 51.4 Å². The second-order valence-corrected chi connectivity index (χ2v) is 21.4. The lowest BCUT2D eigenvalue weighted by Gasteiger charge is -2.40. The Morgan fingerprint density at radius 1 is 0.608 bits per heavy atom. The first-order chi connectivity index (χ1) is 37.8. The number of Topliss-reactive ketones (excluding diaryl/α,β-unsaturated/α-hetero) is 2. The van der Waals surface area contributed by atoms with Crippen LogP contribution in [0.1, 0.15) is 117 Å². The average Bonchev–Trinajstić information content (AvgIpc) is 2.56. The molecule has 4 aromatic carbocycles. The predicted molar refractivity (Wildman–Crippen MR) is 284 cm³/mol. The largest absolute Gasteiger partial charge is 0.483 e. The van der Waals surface area contributed by atoms with Crippen molar-refractivity contribution in [3.05, 3.63) is 198 Å². The Balaban J connectivity index is 0.000000192. The summed E-state index contributed by atoms with van der Waals surface area (Å²) in [6, 6.07) is 24.4. The van der Waals surface area contributed by atoms with Crippen LogP contribution in [0.25, 0.3) is 0 Å². The SMILES string of the molecule is CC(C)N1C[C@@]2(C[C@H]2CO)n2cc(C(=O)CCc3ccc(F)cc3F)c(=O)c(OCc3ccccc3)c2C1=O.COC[C@@H]1C[C@@]12CN(C(C)C)C(=O)c1c(OCc3ccccc3)c(=O)c(C(=O)CCc3ccc(F)cc3F)cn12. The van der Waals surface area contributed by atoms with Gasteiger partial charge in [-0.25, -0.2) is 17.6 Å². The van der Waals surface area contributed by atoms with Crippen LogP contribution in [-0.2, 0) is 41.9 Å². The van der Waals surface area contributed by atoms with Gasteiger partial charge in [0.1, 0.15) is 36.5 Å². The third-order valence-corrected chi connectivity index (χ3v) is 15.7. The number of aromatic nitrogens is 2. The van der Waals surface area contributed by atoms with Crippen molar-refractivity contribution in [3.8, 4) is 11.5 Å². The molecule has 4 aliphatic rings. The van der Waals surface area contributed by atoms with Crippen molar-refractivity contribution >= 4 is 23.4 Å². The molecule has 6 aromatic rings. The van der Waals surface area contributed by atoms with Gasteiger partial charge in [-0.05, 0) is 87.8 Å². The summed E-state index contributed by atoms with van der Waals surface area (Å²) >= 11 is 0. The number of hydrogen-bond donors (Lipinski definition) is 1. The summed E-state index contributed by atoms with van der Waals surface area (Å²) in [6.07, 6.45) is 3.75. The Bertz CT molecular complexity index is 3440. The van der Waals surface area contributed by atoms with Crippen LogP contribution in [0.2, 0.25) is 0 Å². The van der Waals surface area contributed by atoms with Gasteiger partial charge in [-0.15, -0.1) is 0 Å². The standard InChI is InChI=1S/C31H32F2N2O5.C30H30F2N2O5/c1-19(2)34-18-31(14-22(31)17-39-3)35-15-24(26(36)12-10-21-9-11-23(32)13-25(21)33)28(37)29(27(35)30(34)38)40-16-20-7-5-4-6-8-20;1-18(2)33-17-30(13-21(30)15-35)34-14-23(25(36)11-9-20-8-10-22(31)12-24(20)32)27(37)28(26(34)29(33)38)39-16-19-6-4-3-5-7-19/h4-9,11,13,15,19,22H,10,12,14,16-18H2,1-3H3;3-8,10,12,14,18,21,35H,9,11,13,15-17H2,1-2H3/t22-,31+;21-,30+/m00/s1. The summed E-state index contributed by atoms with van der Waals surface area (Å²) in [5.41, 5.74) is -0.792. The zero-order chi connectivity index (χ0) is 56.5. The highest BCUT2D eigenvalue weighted by Crippen LogP contribution is 2.55. The van der Waals surface area contributed by atoms with Crippen LogP contribution in [0.5, 0.6) is 11.5 Å². The van der Waals surface area contributed by atoms with Gasteiger partial charge in [-0.1, -0.05) is 72.8 Å². The molecular weight excluding hydrogens is 1020 g/mol. The fourth-order valence-corrected chi connectivity index (χ4v) is 11.0. The van der Waals surface area contributed by atoms with Crippen molar-refractivity contribution in [2.75, 3.05) is 33.4 Å². The molecule has 0 unspecified atom stereocenters. The Morgan fingerprint density at radius 2 is 1.01 bits per heavy atom. The Kier molecular flexibility index (Phi) is 16.3. The predicted octanol–water partition coefficient (Wildman–Crippen LogP) is 8.84. The molecule has 2 aliphatic carbocycles. The smallest absolute Gasteiger partial charge is 0.274 e. The number of pyridine rings is 2. The number of nitrogens with zero attached hydrogens (tertiary/aromatic N) is 4. The Labute approximate surface area is 454 Å². The normalized spacial score (nSPS) is 19.8. The van der Waals surface area contributed by atoms with E-state index in [1.54, 1.807) is 26.0 Å². The van der Waals surface area contributed by atoms with E-state index in [0.717, 1.165) is 35.4 Å². The first-order valence-corrected chi connectivity index (χ1v) is 26.4. The molecule has 4 atom stereocenters. The number of aryl methyl sites for hydroxylation is 2. The first-order valence-electron chi connectivity index (χ1n) is 26.4. The first kappa shape index (κ1) is 56.0. The van der Waals surface area contributed by atoms with Crippen LogP contribution >= 0.6 is 0 Å². The van der Waals surface area contributed by atoms with Crippen LogP contribution in [-0.4, -0.2) is 92.9 Å². The highest BCUT2D eigenvalue weighted by Gasteiger charge is 2.62. The molecule has 0 saturated heterocycles. The van der Waals surface area contributed by atoms with E-state index in [4.69, 9.17) is 14.2 Å². The van der Waals surface area contributed by atoms with Gasteiger partial charge >= 0.3 is 0 Å². The van der Waals surface area contributed by atoms with Crippen LogP contribution in [0.15, 0.2) is 119 Å². The molecule has 0 radical (unpaired) electrons. The van der Waals surface area contributed by atoms with Crippen LogP contribution < -0.4 is 20.3 Å². The minimum Gasteiger partial charge on any atom is -0.483 e. The van der Waals surface area contributed by atoms with Gasteiger partial charge in [-0.2, -0.15) is 0 Å². The minimum absolute atomic E-state index is 0.00685. The molecule has 14 nitrogen and oxygen atoms in total. The van der Waals surface area contributed by atoms with E-state index < -0.39 is 56.8 Å². The summed E-state index contributed by atoms with van der Waals surface area (Å²) in [7, 11) is 1.62. The fourth-order valence-electron chi connectivity index (χ4n) is 11.0. The van der Waals surface area contributed by atoms with Crippen molar-refractivity contribution in [1.82, 2.24) is 18.9 Å². The number of methoxy groups -OCH3 is 1. The second kappa shape index (κ2) is 22.9. The number of aliphatic hydroxyl groups is 1. The monoisotopic (exact) mass is 1090 g/mol. The molecule has 2 spiro atoms. The highest BCUT2D eigenvalue weighted by atomic mass is 19.1. The van der Waals surface area contributed by atoms with Gasteiger partial charge in [0.05, 0.1) is 28.8 Å². The molecule has 2 amide bonds. The maximum absolute atomic E-state index is 14.2. The molecular formula is C61H62F4N4O10. The van der Waals surface area contributed by atoms with Crippen molar-refractivity contribution < 1.29 is 56.1 Å². The number of amides is 2. The third kappa shape index (κ3) is 11.2. The molecule has 2 fully saturated rings. The van der Waals surface area contributed by atoms with Crippen molar-refractivity contribution in [2.45, 2.75) is 103 Å². The number of hydrogen-bond acceptors (Lipinski definition) is 10. The number of carbonyl (C=O) groups is 4. The van der Waals surface area contributed by atoms with Crippen LogP contribution in [0, 0.1) is 35.1 Å². The average molecular weight is 1090 g/mol. The summed E-state index contributed by atoms with van der Waals surface area (Å²) < 4.78 is 75.9. The molecule has 79 heavy (non-hydrogen) atoms. The number of fused-ring (bicyclic) bond motifs is 4. The van der Waals surface area contributed by atoms with Gasteiger partial charge in [-0.3, -0.25) is 28.8 Å². The number of aliphatic hydroxyl groups excluding tert-OH is 1. The molecule has 414 valence electrons. The van der Waals surface area contributed by atoms with E-state index in [1.165, 1.54) is 24.5 Å². The molecule has 10 rings (SSSR count). The maximum Gasteiger partial charge on any atom is 0.274 e. The Hall–Kier alpha value is -7.70. The number of ketones is 2. The third-order valence-electron chi connectivity index (χ3n) is 15.7. The lowest BCUT2D eigenvalue weighted by Crippen LogP contribution is -2.52. The minimum atomic E-state index is -0.765. The van der Waals surface area contributed by atoms with Crippen molar-refractivity contribution in [1.29, 1.82) is 0 Å². The van der Waals surface area contributed by atoms with Crippen LogP contribution in [0.3, 0.4) is 0 Å². The topological polar surface area (TPSA) is 167 Å².